The number of amides is 2. The van der Waals surface area contributed by atoms with E-state index < -0.39 is 0 Å². The molecular weight excluding hydrogens is 416 g/mol. The van der Waals surface area contributed by atoms with Gasteiger partial charge in [-0.25, -0.2) is 0 Å². The molecule has 0 saturated carbocycles. The normalized spacial score (nSPS) is 19.8. The first-order valence-corrected chi connectivity index (χ1v) is 10.8. The molecule has 2 aliphatic rings. The van der Waals surface area contributed by atoms with E-state index in [-0.39, 0.29) is 23.8 Å². The zero-order valence-electron chi connectivity index (χ0n) is 15.9. The van der Waals surface area contributed by atoms with E-state index >= 15 is 0 Å². The van der Waals surface area contributed by atoms with Gasteiger partial charge in [-0.15, -0.1) is 0 Å². The van der Waals surface area contributed by atoms with Crippen molar-refractivity contribution in [3.63, 3.8) is 0 Å². The molecule has 2 aromatic carbocycles. The average molecular weight is 441 g/mol. The lowest BCUT2D eigenvalue weighted by atomic mass is 9.87. The van der Waals surface area contributed by atoms with Gasteiger partial charge in [0.2, 0.25) is 5.91 Å². The third kappa shape index (κ3) is 4.14. The van der Waals surface area contributed by atoms with Gasteiger partial charge >= 0.3 is 0 Å². The predicted octanol–water partition coefficient (Wildman–Crippen LogP) is 4.50. The monoisotopic (exact) mass is 440 g/mol. The molecule has 0 spiro atoms. The minimum absolute atomic E-state index is 0.0111. The topological polar surface area (TPSA) is 49.4 Å². The number of benzene rings is 2. The van der Waals surface area contributed by atoms with Crippen LogP contribution >= 0.6 is 15.9 Å². The van der Waals surface area contributed by atoms with Gasteiger partial charge in [-0.2, -0.15) is 0 Å². The number of hydrogen-bond acceptors (Lipinski definition) is 2. The first kappa shape index (κ1) is 19.2. The Morgan fingerprint density at radius 2 is 1.68 bits per heavy atom. The lowest BCUT2D eigenvalue weighted by molar-refractivity contribution is -0.127. The fourth-order valence-corrected chi connectivity index (χ4v) is 4.58. The SMILES string of the molecule is O=C(NC1CCCc2ccccc21)C1CCN(C(=O)c2ccc(Br)cc2)CC1. The van der Waals surface area contributed by atoms with Crippen molar-refractivity contribution < 1.29 is 9.59 Å². The summed E-state index contributed by atoms with van der Waals surface area (Å²) in [5.74, 6) is 0.174. The van der Waals surface area contributed by atoms with E-state index in [1.165, 1.54) is 11.1 Å². The van der Waals surface area contributed by atoms with E-state index in [0.717, 1.165) is 36.6 Å². The van der Waals surface area contributed by atoms with Crippen molar-refractivity contribution in [2.45, 2.75) is 38.1 Å². The summed E-state index contributed by atoms with van der Waals surface area (Å²) in [6, 6.07) is 16.0. The van der Waals surface area contributed by atoms with Crippen LogP contribution in [0.4, 0.5) is 0 Å². The molecule has 4 nitrogen and oxygen atoms in total. The molecule has 1 N–H and O–H groups in total. The molecule has 2 aromatic rings. The van der Waals surface area contributed by atoms with Crippen molar-refractivity contribution >= 4 is 27.7 Å². The quantitative estimate of drug-likeness (QED) is 0.763. The molecule has 1 aliphatic carbocycles. The van der Waals surface area contributed by atoms with Crippen molar-refractivity contribution in [1.29, 1.82) is 0 Å². The zero-order chi connectivity index (χ0) is 19.5. The van der Waals surface area contributed by atoms with Crippen molar-refractivity contribution in [3.05, 3.63) is 69.7 Å². The Morgan fingerprint density at radius 1 is 0.964 bits per heavy atom. The summed E-state index contributed by atoms with van der Waals surface area (Å²) in [7, 11) is 0. The first-order valence-electron chi connectivity index (χ1n) is 10.0. The summed E-state index contributed by atoms with van der Waals surface area (Å²) in [5.41, 5.74) is 3.32. The third-order valence-electron chi connectivity index (χ3n) is 5.93. The number of rotatable bonds is 3. The molecule has 1 aliphatic heterocycles. The molecule has 0 aromatic heterocycles. The van der Waals surface area contributed by atoms with Crippen molar-refractivity contribution in [1.82, 2.24) is 10.2 Å². The number of likely N-dealkylation sites (tertiary alicyclic amines) is 1. The Labute approximate surface area is 174 Å². The van der Waals surface area contributed by atoms with Gasteiger partial charge in [0.1, 0.15) is 0 Å². The maximum absolute atomic E-state index is 12.8. The molecule has 1 saturated heterocycles. The first-order chi connectivity index (χ1) is 13.6. The summed E-state index contributed by atoms with van der Waals surface area (Å²) in [6.07, 6.45) is 4.66. The second-order valence-corrected chi connectivity index (χ2v) is 8.64. The Morgan fingerprint density at radius 3 is 2.43 bits per heavy atom. The zero-order valence-corrected chi connectivity index (χ0v) is 17.5. The van der Waals surface area contributed by atoms with Gasteiger partial charge in [-0.3, -0.25) is 9.59 Å². The second-order valence-electron chi connectivity index (χ2n) is 7.73. The number of carbonyl (C=O) groups excluding carboxylic acids is 2. The summed E-state index contributed by atoms with van der Waals surface area (Å²) in [5, 5.41) is 3.28. The summed E-state index contributed by atoms with van der Waals surface area (Å²) in [6.45, 7) is 1.27. The molecule has 0 radical (unpaired) electrons. The largest absolute Gasteiger partial charge is 0.349 e. The van der Waals surface area contributed by atoms with Crippen LogP contribution in [0, 0.1) is 5.92 Å². The fourth-order valence-electron chi connectivity index (χ4n) is 4.31. The van der Waals surface area contributed by atoms with Gasteiger partial charge in [0.25, 0.3) is 5.91 Å². The fraction of sp³-hybridized carbons (Fsp3) is 0.391. The molecule has 28 heavy (non-hydrogen) atoms. The number of nitrogens with one attached hydrogen (secondary N) is 1. The van der Waals surface area contributed by atoms with Crippen molar-refractivity contribution in [2.75, 3.05) is 13.1 Å². The van der Waals surface area contributed by atoms with Crippen LogP contribution in [-0.2, 0) is 11.2 Å². The van der Waals surface area contributed by atoms with Crippen molar-refractivity contribution in [2.24, 2.45) is 5.92 Å². The van der Waals surface area contributed by atoms with Crippen LogP contribution in [-0.4, -0.2) is 29.8 Å². The van der Waals surface area contributed by atoms with Crippen LogP contribution in [0.25, 0.3) is 0 Å². The average Bonchev–Trinajstić information content (AvgIpc) is 2.74. The molecule has 0 bridgehead atoms. The van der Waals surface area contributed by atoms with Gasteiger partial charge in [0.05, 0.1) is 6.04 Å². The summed E-state index contributed by atoms with van der Waals surface area (Å²) >= 11 is 3.40. The highest BCUT2D eigenvalue weighted by Gasteiger charge is 2.30. The number of piperidine rings is 1. The van der Waals surface area contributed by atoms with E-state index in [1.807, 2.05) is 29.2 Å². The highest BCUT2D eigenvalue weighted by Crippen LogP contribution is 2.30. The van der Waals surface area contributed by atoms with Crippen LogP contribution in [0.2, 0.25) is 0 Å². The van der Waals surface area contributed by atoms with Gasteiger partial charge in [-0.1, -0.05) is 40.2 Å². The lowest BCUT2D eigenvalue weighted by Gasteiger charge is -2.33. The summed E-state index contributed by atoms with van der Waals surface area (Å²) < 4.78 is 0.962. The Kier molecular flexibility index (Phi) is 5.81. The minimum atomic E-state index is -0.0111. The Bertz CT molecular complexity index is 857. The van der Waals surface area contributed by atoms with Crippen LogP contribution in [0.5, 0.6) is 0 Å². The molecule has 2 amide bonds. The van der Waals surface area contributed by atoms with Crippen LogP contribution in [0.15, 0.2) is 53.0 Å². The van der Waals surface area contributed by atoms with E-state index in [1.54, 1.807) is 0 Å². The van der Waals surface area contributed by atoms with Crippen LogP contribution in [0.1, 0.15) is 53.2 Å². The Hall–Kier alpha value is -2.14. The minimum Gasteiger partial charge on any atom is -0.349 e. The molecule has 1 heterocycles. The smallest absolute Gasteiger partial charge is 0.253 e. The second kappa shape index (κ2) is 8.48. The maximum atomic E-state index is 12.8. The number of hydrogen-bond donors (Lipinski definition) is 1. The molecule has 4 rings (SSSR count). The lowest BCUT2D eigenvalue weighted by Crippen LogP contribution is -2.44. The van der Waals surface area contributed by atoms with Gasteiger partial charge in [-0.05, 0) is 67.5 Å². The number of nitrogens with zero attached hydrogens (tertiary/aromatic N) is 1. The van der Waals surface area contributed by atoms with Gasteiger partial charge < -0.3 is 10.2 Å². The van der Waals surface area contributed by atoms with Crippen molar-refractivity contribution in [3.8, 4) is 0 Å². The van der Waals surface area contributed by atoms with E-state index in [0.29, 0.717) is 18.7 Å². The number of carbonyl (C=O) groups is 2. The van der Waals surface area contributed by atoms with E-state index in [4.69, 9.17) is 0 Å². The number of aryl methyl sites for hydroxylation is 1. The molecule has 146 valence electrons. The molecule has 1 atom stereocenters. The number of halogens is 1. The van der Waals surface area contributed by atoms with E-state index in [9.17, 15) is 9.59 Å². The summed E-state index contributed by atoms with van der Waals surface area (Å²) in [4.78, 5) is 27.4. The van der Waals surface area contributed by atoms with Crippen LogP contribution < -0.4 is 5.32 Å². The molecular formula is C23H25BrN2O2. The molecule has 1 fully saturated rings. The predicted molar refractivity (Wildman–Crippen MR) is 113 cm³/mol. The van der Waals surface area contributed by atoms with Crippen LogP contribution in [0.3, 0.4) is 0 Å². The highest BCUT2D eigenvalue weighted by atomic mass is 79.9. The van der Waals surface area contributed by atoms with Gasteiger partial charge in [0, 0.05) is 29.0 Å². The Balaban J connectivity index is 1.33. The third-order valence-corrected chi connectivity index (χ3v) is 6.46. The van der Waals surface area contributed by atoms with E-state index in [2.05, 4.69) is 45.5 Å². The maximum Gasteiger partial charge on any atom is 0.253 e. The van der Waals surface area contributed by atoms with Gasteiger partial charge in [0.15, 0.2) is 0 Å². The standard InChI is InChI=1S/C23H25BrN2O2/c24-19-10-8-18(9-11-19)23(28)26-14-12-17(13-15-26)22(27)25-21-7-3-5-16-4-1-2-6-20(16)21/h1-2,4,6,8-11,17,21H,3,5,7,12-15H2,(H,25,27). The molecule has 5 heteroatoms. The molecule has 1 unspecified atom stereocenters. The number of fused-ring (bicyclic) bond motifs is 1. The highest BCUT2D eigenvalue weighted by molar-refractivity contribution is 9.10.